The van der Waals surface area contributed by atoms with Crippen LogP contribution in [0, 0.1) is 0 Å². The van der Waals surface area contributed by atoms with Crippen molar-refractivity contribution in [3.8, 4) is 56.4 Å². The summed E-state index contributed by atoms with van der Waals surface area (Å²) < 4.78 is 0. The molecule has 3 nitrogen and oxygen atoms in total. The minimum Gasteiger partial charge on any atom is -0.208 e. The van der Waals surface area contributed by atoms with Crippen LogP contribution in [0.2, 0.25) is 0 Å². The Morgan fingerprint density at radius 2 is 0.817 bits per heavy atom. The minimum atomic E-state index is -0.538. The van der Waals surface area contributed by atoms with Crippen molar-refractivity contribution < 1.29 is 0 Å². The van der Waals surface area contributed by atoms with Crippen molar-refractivity contribution in [1.29, 1.82) is 0 Å². The topological polar surface area (TPSA) is 38.7 Å². The zero-order valence-corrected chi connectivity index (χ0v) is 33.4. The molecule has 2 aliphatic carbocycles. The van der Waals surface area contributed by atoms with E-state index < -0.39 is 5.41 Å². The third-order valence-electron chi connectivity index (χ3n) is 13.2. The molecule has 60 heavy (non-hydrogen) atoms. The van der Waals surface area contributed by atoms with E-state index in [2.05, 4.69) is 214 Å². The highest BCUT2D eigenvalue weighted by molar-refractivity contribution is 5.98. The molecule has 0 N–H and O–H groups in total. The van der Waals surface area contributed by atoms with Crippen molar-refractivity contribution in [3.63, 3.8) is 0 Å². The summed E-state index contributed by atoms with van der Waals surface area (Å²) in [7, 11) is 0. The zero-order valence-electron chi connectivity index (χ0n) is 33.4. The molecule has 2 aliphatic rings. The second-order valence-electron chi connectivity index (χ2n) is 16.7. The van der Waals surface area contributed by atoms with Gasteiger partial charge in [0.05, 0.1) is 5.41 Å². The van der Waals surface area contributed by atoms with Crippen molar-refractivity contribution in [2.75, 3.05) is 0 Å². The molecule has 0 bridgehead atoms. The molecular formula is C57H39N3. The molecule has 0 atom stereocenters. The van der Waals surface area contributed by atoms with Gasteiger partial charge in [0, 0.05) is 22.1 Å². The first-order chi connectivity index (χ1) is 29.5. The van der Waals surface area contributed by atoms with Crippen LogP contribution in [-0.4, -0.2) is 15.0 Å². The van der Waals surface area contributed by atoms with Gasteiger partial charge in [-0.25, -0.2) is 15.0 Å². The van der Waals surface area contributed by atoms with Gasteiger partial charge in [-0.1, -0.05) is 202 Å². The highest BCUT2D eigenvalue weighted by Crippen LogP contribution is 2.57. The molecule has 10 aromatic rings. The Bertz CT molecular complexity index is 3300. The minimum absolute atomic E-state index is 0.219. The highest BCUT2D eigenvalue weighted by atomic mass is 15.0. The molecule has 0 fully saturated rings. The van der Waals surface area contributed by atoms with Crippen molar-refractivity contribution in [3.05, 3.63) is 234 Å². The fourth-order valence-electron chi connectivity index (χ4n) is 10.5. The van der Waals surface area contributed by atoms with Gasteiger partial charge in [-0.05, 0) is 89.3 Å². The molecule has 0 spiro atoms. The third kappa shape index (κ3) is 4.93. The maximum atomic E-state index is 5.40. The Morgan fingerprint density at radius 3 is 1.52 bits per heavy atom. The Morgan fingerprint density at radius 1 is 0.333 bits per heavy atom. The van der Waals surface area contributed by atoms with Crippen LogP contribution in [-0.2, 0) is 10.8 Å². The number of hydrogen-bond acceptors (Lipinski definition) is 3. The van der Waals surface area contributed by atoms with Crippen LogP contribution in [0.3, 0.4) is 0 Å². The lowest BCUT2D eigenvalue weighted by Gasteiger charge is -2.34. The van der Waals surface area contributed by atoms with E-state index in [1.54, 1.807) is 0 Å². The summed E-state index contributed by atoms with van der Waals surface area (Å²) in [5, 5.41) is 4.82. The van der Waals surface area contributed by atoms with Gasteiger partial charge >= 0.3 is 0 Å². The zero-order chi connectivity index (χ0) is 40.0. The maximum Gasteiger partial charge on any atom is 0.164 e. The van der Waals surface area contributed by atoms with Crippen LogP contribution in [0.15, 0.2) is 200 Å². The quantitative estimate of drug-likeness (QED) is 0.175. The largest absolute Gasteiger partial charge is 0.208 e. The molecule has 1 aromatic heterocycles. The standard InChI is InChI=1S/C57H39N3/c1-56(2)50-34-38(30-32-46(50)47-33-28-37-17-10-12-24-43(37)52(47)56)53-58-54(60-55(59-53)48-26-15-18-36-16-9-11-23-42(36)48)39-29-31-45-44-25-13-14-27-49(44)57(51(45)35-39,40-19-5-3-6-20-40)41-21-7-4-8-22-41/h3-35H,1-2H3. The van der Waals surface area contributed by atoms with Gasteiger partial charge in [0.15, 0.2) is 17.5 Å². The fraction of sp³-hybridized carbons (Fsp3) is 0.0702. The molecular weight excluding hydrogens is 727 g/mol. The van der Waals surface area contributed by atoms with Crippen LogP contribution >= 0.6 is 0 Å². The van der Waals surface area contributed by atoms with Crippen molar-refractivity contribution >= 4 is 21.5 Å². The van der Waals surface area contributed by atoms with Crippen LogP contribution in [0.4, 0.5) is 0 Å². The molecule has 0 saturated heterocycles. The number of nitrogens with zero attached hydrogens (tertiary/aromatic N) is 3. The summed E-state index contributed by atoms with van der Waals surface area (Å²) in [5.74, 6) is 1.95. The number of benzene rings is 9. The van der Waals surface area contributed by atoms with E-state index in [1.807, 2.05) is 0 Å². The highest BCUT2D eigenvalue weighted by Gasteiger charge is 2.46. The summed E-state index contributed by atoms with van der Waals surface area (Å²) in [6.45, 7) is 4.70. The van der Waals surface area contributed by atoms with Gasteiger partial charge in [-0.2, -0.15) is 0 Å². The van der Waals surface area contributed by atoms with E-state index in [4.69, 9.17) is 15.0 Å². The summed E-state index contributed by atoms with van der Waals surface area (Å²) in [6.07, 6.45) is 0. The van der Waals surface area contributed by atoms with Crippen LogP contribution in [0.1, 0.15) is 47.2 Å². The molecule has 9 aromatic carbocycles. The summed E-state index contributed by atoms with van der Waals surface area (Å²) in [5.41, 5.74) is 14.8. The molecule has 0 amide bonds. The molecule has 0 unspecified atom stereocenters. The fourth-order valence-corrected chi connectivity index (χ4v) is 10.5. The third-order valence-corrected chi connectivity index (χ3v) is 13.2. The van der Waals surface area contributed by atoms with Crippen LogP contribution in [0.25, 0.3) is 78.0 Å². The normalized spacial score (nSPS) is 14.1. The SMILES string of the molecule is CC1(C)c2cc(-c3nc(-c4ccc5c(c4)C(c4ccccc4)(c4ccccc4)c4ccccc4-5)nc(-c4cccc5ccccc45)n3)ccc2-c2ccc3ccccc3c21. The lowest BCUT2D eigenvalue weighted by atomic mass is 9.67. The summed E-state index contributed by atoms with van der Waals surface area (Å²) >= 11 is 0. The second kappa shape index (κ2) is 13.0. The first-order valence-electron chi connectivity index (χ1n) is 20.8. The molecule has 1 heterocycles. The van der Waals surface area contributed by atoms with E-state index in [0.717, 1.165) is 27.5 Å². The molecule has 3 heteroatoms. The van der Waals surface area contributed by atoms with E-state index in [9.17, 15) is 0 Å². The van der Waals surface area contributed by atoms with Gasteiger partial charge in [-0.3, -0.25) is 0 Å². The lowest BCUT2D eigenvalue weighted by molar-refractivity contribution is 0.666. The van der Waals surface area contributed by atoms with Gasteiger partial charge in [-0.15, -0.1) is 0 Å². The summed E-state index contributed by atoms with van der Waals surface area (Å²) in [6, 6.07) is 72.5. The van der Waals surface area contributed by atoms with Gasteiger partial charge < -0.3 is 0 Å². The van der Waals surface area contributed by atoms with E-state index >= 15 is 0 Å². The van der Waals surface area contributed by atoms with Crippen molar-refractivity contribution in [2.24, 2.45) is 0 Å². The van der Waals surface area contributed by atoms with Gasteiger partial charge in [0.2, 0.25) is 0 Å². The number of aromatic nitrogens is 3. The van der Waals surface area contributed by atoms with E-state index in [0.29, 0.717) is 17.5 Å². The smallest absolute Gasteiger partial charge is 0.164 e. The van der Waals surface area contributed by atoms with Crippen molar-refractivity contribution in [1.82, 2.24) is 15.0 Å². The lowest BCUT2D eigenvalue weighted by Crippen LogP contribution is -2.28. The molecule has 12 rings (SSSR count). The molecule has 0 aliphatic heterocycles. The average Bonchev–Trinajstić information content (AvgIpc) is 3.74. The second-order valence-corrected chi connectivity index (χ2v) is 16.7. The summed E-state index contributed by atoms with van der Waals surface area (Å²) in [4.78, 5) is 16.1. The van der Waals surface area contributed by atoms with E-state index in [-0.39, 0.29) is 5.41 Å². The van der Waals surface area contributed by atoms with Crippen LogP contribution in [0.5, 0.6) is 0 Å². The Hall–Kier alpha value is -7.49. The predicted molar refractivity (Wildman–Crippen MR) is 246 cm³/mol. The Balaban J connectivity index is 1.09. The molecule has 0 saturated carbocycles. The first kappa shape index (κ1) is 34.5. The van der Waals surface area contributed by atoms with E-state index in [1.165, 1.54) is 66.4 Å². The number of hydrogen-bond donors (Lipinski definition) is 0. The Labute approximate surface area is 349 Å². The average molecular weight is 766 g/mol. The first-order valence-corrected chi connectivity index (χ1v) is 20.8. The van der Waals surface area contributed by atoms with Crippen molar-refractivity contribution in [2.45, 2.75) is 24.7 Å². The Kier molecular flexibility index (Phi) is 7.49. The van der Waals surface area contributed by atoms with Gasteiger partial charge in [0.1, 0.15) is 0 Å². The number of rotatable bonds is 5. The maximum absolute atomic E-state index is 5.40. The molecule has 0 radical (unpaired) electrons. The van der Waals surface area contributed by atoms with Crippen LogP contribution < -0.4 is 0 Å². The monoisotopic (exact) mass is 765 g/mol. The number of fused-ring (bicyclic) bond motifs is 9. The van der Waals surface area contributed by atoms with Gasteiger partial charge in [0.25, 0.3) is 0 Å². The molecule has 282 valence electrons. The predicted octanol–water partition coefficient (Wildman–Crippen LogP) is 13.8.